The van der Waals surface area contributed by atoms with Crippen molar-refractivity contribution in [3.05, 3.63) is 42.5 Å². The SMILES string of the molecule is C=CCN(CC(F)(F)F)C(=O)c1ccc(S(=O)(=O)N2CCOCC2)cc1. The summed E-state index contributed by atoms with van der Waals surface area (Å²) in [7, 11) is -3.73. The number of hydrogen-bond acceptors (Lipinski definition) is 4. The molecule has 0 N–H and O–H groups in total. The molecule has 1 aromatic rings. The van der Waals surface area contributed by atoms with Crippen LogP contribution in [-0.4, -0.2) is 69.1 Å². The van der Waals surface area contributed by atoms with E-state index in [9.17, 15) is 26.4 Å². The van der Waals surface area contributed by atoms with Crippen molar-refractivity contribution in [2.45, 2.75) is 11.1 Å². The number of hydrogen-bond donors (Lipinski definition) is 0. The van der Waals surface area contributed by atoms with Gasteiger partial charge in [0, 0.05) is 25.2 Å². The van der Waals surface area contributed by atoms with Crippen molar-refractivity contribution < 1.29 is 31.1 Å². The fourth-order valence-electron chi connectivity index (χ4n) is 2.48. The Morgan fingerprint density at radius 2 is 1.81 bits per heavy atom. The highest BCUT2D eigenvalue weighted by Gasteiger charge is 2.33. The number of ether oxygens (including phenoxy) is 1. The van der Waals surface area contributed by atoms with Crippen LogP contribution in [0.1, 0.15) is 10.4 Å². The summed E-state index contributed by atoms with van der Waals surface area (Å²) in [5.74, 6) is -0.849. The fourth-order valence-corrected chi connectivity index (χ4v) is 3.89. The van der Waals surface area contributed by atoms with Gasteiger partial charge in [0.25, 0.3) is 5.91 Å². The van der Waals surface area contributed by atoms with Crippen LogP contribution in [0.2, 0.25) is 0 Å². The van der Waals surface area contributed by atoms with Gasteiger partial charge in [-0.2, -0.15) is 17.5 Å². The Hall–Kier alpha value is -1.91. The molecule has 1 fully saturated rings. The molecule has 10 heteroatoms. The van der Waals surface area contributed by atoms with E-state index < -0.39 is 28.7 Å². The highest BCUT2D eigenvalue weighted by molar-refractivity contribution is 7.89. The van der Waals surface area contributed by atoms with Gasteiger partial charge in [-0.1, -0.05) is 6.08 Å². The van der Waals surface area contributed by atoms with Crippen LogP contribution in [0.3, 0.4) is 0 Å². The van der Waals surface area contributed by atoms with E-state index >= 15 is 0 Å². The molecule has 0 atom stereocenters. The Labute approximate surface area is 149 Å². The van der Waals surface area contributed by atoms with Gasteiger partial charge >= 0.3 is 6.18 Å². The zero-order valence-corrected chi connectivity index (χ0v) is 14.7. The Balaban J connectivity index is 2.19. The van der Waals surface area contributed by atoms with Crippen molar-refractivity contribution in [2.75, 3.05) is 39.4 Å². The van der Waals surface area contributed by atoms with E-state index in [-0.39, 0.29) is 30.1 Å². The summed E-state index contributed by atoms with van der Waals surface area (Å²) >= 11 is 0. The molecule has 1 aromatic carbocycles. The summed E-state index contributed by atoms with van der Waals surface area (Å²) in [6, 6.07) is 4.86. The van der Waals surface area contributed by atoms with E-state index in [2.05, 4.69) is 6.58 Å². The molecule has 1 amide bonds. The zero-order chi connectivity index (χ0) is 19.4. The van der Waals surface area contributed by atoms with Gasteiger partial charge in [0.05, 0.1) is 18.1 Å². The molecule has 0 spiro atoms. The van der Waals surface area contributed by atoms with Gasteiger partial charge in [-0.15, -0.1) is 6.58 Å². The molecule has 1 aliphatic heterocycles. The quantitative estimate of drug-likeness (QED) is 0.694. The van der Waals surface area contributed by atoms with Crippen LogP contribution in [0, 0.1) is 0 Å². The lowest BCUT2D eigenvalue weighted by Crippen LogP contribution is -2.40. The normalized spacial score (nSPS) is 16.3. The fraction of sp³-hybridized carbons (Fsp3) is 0.438. The summed E-state index contributed by atoms with van der Waals surface area (Å²) in [6.45, 7) is 2.70. The van der Waals surface area contributed by atoms with Crippen LogP contribution in [0.5, 0.6) is 0 Å². The average molecular weight is 392 g/mol. The monoisotopic (exact) mass is 392 g/mol. The molecule has 0 unspecified atom stereocenters. The summed E-state index contributed by atoms with van der Waals surface area (Å²) < 4.78 is 69.2. The van der Waals surface area contributed by atoms with Gasteiger partial charge < -0.3 is 9.64 Å². The number of sulfonamides is 1. The van der Waals surface area contributed by atoms with Gasteiger partial charge in [-0.05, 0) is 24.3 Å². The number of nitrogens with zero attached hydrogens (tertiary/aromatic N) is 2. The van der Waals surface area contributed by atoms with Gasteiger partial charge in [0.2, 0.25) is 10.0 Å². The second kappa shape index (κ2) is 8.19. The third kappa shape index (κ3) is 5.05. The highest BCUT2D eigenvalue weighted by atomic mass is 32.2. The van der Waals surface area contributed by atoms with Gasteiger partial charge in [-0.25, -0.2) is 8.42 Å². The first-order chi connectivity index (χ1) is 12.1. The number of morpholine rings is 1. The van der Waals surface area contributed by atoms with Gasteiger partial charge in [-0.3, -0.25) is 4.79 Å². The molecule has 1 aliphatic rings. The van der Waals surface area contributed by atoms with Crippen LogP contribution in [-0.2, 0) is 14.8 Å². The van der Waals surface area contributed by atoms with Crippen molar-refractivity contribution in [1.82, 2.24) is 9.21 Å². The number of alkyl halides is 3. The molecule has 1 heterocycles. The number of amides is 1. The van der Waals surface area contributed by atoms with Crippen molar-refractivity contribution in [3.63, 3.8) is 0 Å². The minimum Gasteiger partial charge on any atom is -0.379 e. The molecule has 0 bridgehead atoms. The first-order valence-electron chi connectivity index (χ1n) is 7.80. The predicted octanol–water partition coefficient (Wildman–Crippen LogP) is 1.90. The van der Waals surface area contributed by atoms with E-state index in [0.717, 1.165) is 0 Å². The highest BCUT2D eigenvalue weighted by Crippen LogP contribution is 2.21. The van der Waals surface area contributed by atoms with Crippen LogP contribution < -0.4 is 0 Å². The van der Waals surface area contributed by atoms with Crippen LogP contribution >= 0.6 is 0 Å². The van der Waals surface area contributed by atoms with Gasteiger partial charge in [0.15, 0.2) is 0 Å². The van der Waals surface area contributed by atoms with Crippen molar-refractivity contribution in [3.8, 4) is 0 Å². The van der Waals surface area contributed by atoms with Crippen LogP contribution in [0.15, 0.2) is 41.8 Å². The largest absolute Gasteiger partial charge is 0.406 e. The number of halogens is 3. The predicted molar refractivity (Wildman–Crippen MR) is 88.2 cm³/mol. The molecule has 2 rings (SSSR count). The molecular weight excluding hydrogens is 373 g/mol. The Morgan fingerprint density at radius 1 is 1.23 bits per heavy atom. The number of carbonyl (C=O) groups excluding carboxylic acids is 1. The summed E-state index contributed by atoms with van der Waals surface area (Å²) in [6.07, 6.45) is -3.35. The zero-order valence-electron chi connectivity index (χ0n) is 13.9. The smallest absolute Gasteiger partial charge is 0.379 e. The number of carbonyl (C=O) groups is 1. The first kappa shape index (κ1) is 20.4. The maximum absolute atomic E-state index is 12.6. The Bertz CT molecular complexity index is 742. The van der Waals surface area contributed by atoms with Crippen molar-refractivity contribution >= 4 is 15.9 Å². The van der Waals surface area contributed by atoms with Gasteiger partial charge in [0.1, 0.15) is 6.54 Å². The standard InChI is InChI=1S/C16H19F3N2O4S/c1-2-7-20(12-16(17,18)19)15(22)13-3-5-14(6-4-13)26(23,24)21-8-10-25-11-9-21/h2-6H,1,7-12H2. The third-order valence-corrected chi connectivity index (χ3v) is 5.63. The Morgan fingerprint density at radius 3 is 2.31 bits per heavy atom. The molecule has 0 saturated carbocycles. The molecule has 26 heavy (non-hydrogen) atoms. The lowest BCUT2D eigenvalue weighted by Gasteiger charge is -2.26. The van der Waals surface area contributed by atoms with E-state index in [1.807, 2.05) is 0 Å². The Kier molecular flexibility index (Phi) is 6.43. The lowest BCUT2D eigenvalue weighted by atomic mass is 10.2. The van der Waals surface area contributed by atoms with E-state index in [1.165, 1.54) is 34.6 Å². The third-order valence-electron chi connectivity index (χ3n) is 3.72. The minimum atomic E-state index is -4.54. The molecule has 144 valence electrons. The molecular formula is C16H19F3N2O4S. The number of rotatable bonds is 6. The summed E-state index contributed by atoms with van der Waals surface area (Å²) in [5.41, 5.74) is -0.0305. The van der Waals surface area contributed by atoms with Crippen molar-refractivity contribution in [1.29, 1.82) is 0 Å². The van der Waals surface area contributed by atoms with E-state index in [1.54, 1.807) is 0 Å². The summed E-state index contributed by atoms with van der Waals surface area (Å²) in [4.78, 5) is 12.8. The number of benzene rings is 1. The second-order valence-corrected chi connectivity index (χ2v) is 7.57. The lowest BCUT2D eigenvalue weighted by molar-refractivity contribution is -0.139. The average Bonchev–Trinajstić information content (AvgIpc) is 2.60. The maximum Gasteiger partial charge on any atom is 0.406 e. The van der Waals surface area contributed by atoms with Crippen LogP contribution in [0.25, 0.3) is 0 Å². The first-order valence-corrected chi connectivity index (χ1v) is 9.24. The van der Waals surface area contributed by atoms with E-state index in [0.29, 0.717) is 18.1 Å². The maximum atomic E-state index is 12.6. The molecule has 0 aromatic heterocycles. The molecule has 1 saturated heterocycles. The second-order valence-electron chi connectivity index (χ2n) is 5.63. The summed E-state index contributed by atoms with van der Waals surface area (Å²) in [5, 5.41) is 0. The van der Waals surface area contributed by atoms with Crippen molar-refractivity contribution in [2.24, 2.45) is 0 Å². The molecule has 6 nitrogen and oxygen atoms in total. The molecule has 0 aliphatic carbocycles. The van der Waals surface area contributed by atoms with Crippen LogP contribution in [0.4, 0.5) is 13.2 Å². The topological polar surface area (TPSA) is 66.9 Å². The molecule has 0 radical (unpaired) electrons. The minimum absolute atomic E-state index is 0.0259. The van der Waals surface area contributed by atoms with E-state index in [4.69, 9.17) is 4.74 Å².